The minimum atomic E-state index is -0.510. The number of hydrogen-bond donors (Lipinski definition) is 2. The van der Waals surface area contributed by atoms with Crippen molar-refractivity contribution in [2.45, 2.75) is 45.6 Å². The molecule has 0 radical (unpaired) electrons. The topological polar surface area (TPSA) is 62.2 Å². The fourth-order valence-electron chi connectivity index (χ4n) is 3.30. The molecule has 0 aliphatic heterocycles. The van der Waals surface area contributed by atoms with Crippen LogP contribution in [0.25, 0.3) is 10.9 Å². The first-order valence-electron chi connectivity index (χ1n) is 9.57. The SMILES string of the molecule is CCCC(=O)N[C@@H](c1ccc(C(C)C)cc1)c1cc(Cl)c2cccnc2c1O. The number of benzene rings is 2. The Kier molecular flexibility index (Phi) is 6.20. The molecule has 3 rings (SSSR count). The smallest absolute Gasteiger partial charge is 0.220 e. The van der Waals surface area contributed by atoms with E-state index in [1.807, 2.05) is 25.1 Å². The third-order valence-corrected chi connectivity index (χ3v) is 5.19. The number of carbonyl (C=O) groups is 1. The molecule has 0 spiro atoms. The second-order valence-corrected chi connectivity index (χ2v) is 7.67. The zero-order valence-corrected chi connectivity index (χ0v) is 17.1. The van der Waals surface area contributed by atoms with Crippen molar-refractivity contribution in [1.82, 2.24) is 10.3 Å². The number of fused-ring (bicyclic) bond motifs is 1. The molecule has 0 unspecified atom stereocenters. The fourth-order valence-corrected chi connectivity index (χ4v) is 3.57. The highest BCUT2D eigenvalue weighted by Gasteiger charge is 2.23. The van der Waals surface area contributed by atoms with Gasteiger partial charge in [-0.3, -0.25) is 9.78 Å². The molecular formula is C23H25ClN2O2. The van der Waals surface area contributed by atoms with Gasteiger partial charge in [-0.05, 0) is 41.7 Å². The molecule has 2 aromatic carbocycles. The molecule has 1 aromatic heterocycles. The van der Waals surface area contributed by atoms with E-state index in [1.165, 1.54) is 5.56 Å². The summed E-state index contributed by atoms with van der Waals surface area (Å²) in [5.41, 5.74) is 3.07. The summed E-state index contributed by atoms with van der Waals surface area (Å²) < 4.78 is 0. The Morgan fingerprint density at radius 1 is 1.18 bits per heavy atom. The van der Waals surface area contributed by atoms with E-state index in [0.29, 0.717) is 33.8 Å². The van der Waals surface area contributed by atoms with E-state index in [1.54, 1.807) is 18.3 Å². The third-order valence-electron chi connectivity index (χ3n) is 4.87. The van der Waals surface area contributed by atoms with E-state index < -0.39 is 6.04 Å². The zero-order valence-electron chi connectivity index (χ0n) is 16.4. The minimum Gasteiger partial charge on any atom is -0.505 e. The van der Waals surface area contributed by atoms with Crippen LogP contribution in [0, 0.1) is 0 Å². The lowest BCUT2D eigenvalue weighted by molar-refractivity contribution is -0.121. The molecule has 3 aromatic rings. The third kappa shape index (κ3) is 4.12. The number of aromatic nitrogens is 1. The number of amides is 1. The number of phenolic OH excluding ortho intramolecular Hbond substituents is 1. The van der Waals surface area contributed by atoms with Crippen LogP contribution in [-0.4, -0.2) is 16.0 Å². The summed E-state index contributed by atoms with van der Waals surface area (Å²) in [6.07, 6.45) is 2.78. The van der Waals surface area contributed by atoms with Gasteiger partial charge in [0.05, 0.1) is 11.1 Å². The number of rotatable bonds is 6. The molecule has 4 nitrogen and oxygen atoms in total. The van der Waals surface area contributed by atoms with Crippen molar-refractivity contribution in [2.75, 3.05) is 0 Å². The number of halogens is 1. The van der Waals surface area contributed by atoms with Gasteiger partial charge in [-0.15, -0.1) is 0 Å². The van der Waals surface area contributed by atoms with Gasteiger partial charge in [0.15, 0.2) is 0 Å². The van der Waals surface area contributed by atoms with Gasteiger partial charge in [-0.25, -0.2) is 0 Å². The molecule has 146 valence electrons. The van der Waals surface area contributed by atoms with Crippen molar-refractivity contribution in [3.05, 3.63) is 70.4 Å². The van der Waals surface area contributed by atoms with Crippen LogP contribution in [0.1, 0.15) is 62.3 Å². The number of nitrogens with one attached hydrogen (secondary N) is 1. The first-order chi connectivity index (χ1) is 13.4. The van der Waals surface area contributed by atoms with Crippen LogP contribution in [0.5, 0.6) is 5.75 Å². The molecule has 1 atom stereocenters. The summed E-state index contributed by atoms with van der Waals surface area (Å²) in [6, 6.07) is 12.9. The van der Waals surface area contributed by atoms with Crippen LogP contribution in [0.3, 0.4) is 0 Å². The maximum atomic E-state index is 12.4. The number of aromatic hydroxyl groups is 1. The van der Waals surface area contributed by atoms with Gasteiger partial charge >= 0.3 is 0 Å². The summed E-state index contributed by atoms with van der Waals surface area (Å²) >= 11 is 6.47. The Bertz CT molecular complexity index is 984. The van der Waals surface area contributed by atoms with Crippen LogP contribution in [-0.2, 0) is 4.79 Å². The number of hydrogen-bond acceptors (Lipinski definition) is 3. The van der Waals surface area contributed by atoms with E-state index in [2.05, 4.69) is 36.3 Å². The Labute approximate surface area is 170 Å². The van der Waals surface area contributed by atoms with Crippen molar-refractivity contribution < 1.29 is 9.90 Å². The second-order valence-electron chi connectivity index (χ2n) is 7.27. The van der Waals surface area contributed by atoms with Crippen molar-refractivity contribution in [3.63, 3.8) is 0 Å². The van der Waals surface area contributed by atoms with Crippen molar-refractivity contribution >= 4 is 28.4 Å². The normalized spacial score (nSPS) is 12.3. The second kappa shape index (κ2) is 8.61. The predicted octanol–water partition coefficient (Wildman–Crippen LogP) is 5.72. The van der Waals surface area contributed by atoms with Gasteiger partial charge < -0.3 is 10.4 Å². The van der Waals surface area contributed by atoms with E-state index in [9.17, 15) is 9.90 Å². The molecule has 1 amide bonds. The zero-order chi connectivity index (χ0) is 20.3. The average molecular weight is 397 g/mol. The minimum absolute atomic E-state index is 0.0368. The summed E-state index contributed by atoms with van der Waals surface area (Å²) in [4.78, 5) is 16.7. The molecule has 0 bridgehead atoms. The van der Waals surface area contributed by atoms with Crippen molar-refractivity contribution in [1.29, 1.82) is 0 Å². The number of pyridine rings is 1. The predicted molar refractivity (Wildman–Crippen MR) is 114 cm³/mol. The molecule has 0 aliphatic carbocycles. The van der Waals surface area contributed by atoms with Gasteiger partial charge in [-0.2, -0.15) is 0 Å². The van der Waals surface area contributed by atoms with E-state index in [0.717, 1.165) is 12.0 Å². The van der Waals surface area contributed by atoms with Gasteiger partial charge in [0.2, 0.25) is 5.91 Å². The van der Waals surface area contributed by atoms with E-state index in [-0.39, 0.29) is 11.7 Å². The molecule has 2 N–H and O–H groups in total. The van der Waals surface area contributed by atoms with E-state index >= 15 is 0 Å². The Balaban J connectivity index is 2.12. The number of phenols is 1. The summed E-state index contributed by atoms with van der Waals surface area (Å²) in [7, 11) is 0. The van der Waals surface area contributed by atoms with E-state index in [4.69, 9.17) is 11.6 Å². The summed E-state index contributed by atoms with van der Waals surface area (Å²) in [5, 5.41) is 15.1. The quantitative estimate of drug-likeness (QED) is 0.559. The van der Waals surface area contributed by atoms with Gasteiger partial charge in [0.25, 0.3) is 0 Å². The van der Waals surface area contributed by atoms with Crippen LogP contribution >= 0.6 is 11.6 Å². The Morgan fingerprint density at radius 2 is 1.86 bits per heavy atom. The molecule has 5 heteroatoms. The highest BCUT2D eigenvalue weighted by Crippen LogP contribution is 2.38. The molecule has 1 heterocycles. The largest absolute Gasteiger partial charge is 0.505 e. The molecule has 0 saturated heterocycles. The summed E-state index contributed by atoms with van der Waals surface area (Å²) in [5.74, 6) is 0.377. The van der Waals surface area contributed by atoms with Crippen LogP contribution in [0.2, 0.25) is 5.02 Å². The van der Waals surface area contributed by atoms with Crippen LogP contribution in [0.15, 0.2) is 48.7 Å². The van der Waals surface area contributed by atoms with Gasteiger partial charge in [0, 0.05) is 23.6 Å². The fraction of sp³-hybridized carbons (Fsp3) is 0.304. The average Bonchev–Trinajstić information content (AvgIpc) is 2.69. The van der Waals surface area contributed by atoms with Crippen LogP contribution < -0.4 is 5.32 Å². The standard InChI is InChI=1S/C23H25ClN2O2/c1-4-6-20(27)26-21(16-10-8-15(9-11-16)14(2)3)18-13-19(24)17-7-5-12-25-22(17)23(18)28/h5,7-14,21,28H,4,6H2,1-3H3,(H,26,27)/t21-/m0/s1. The number of nitrogens with zero attached hydrogens (tertiary/aromatic N) is 1. The lowest BCUT2D eigenvalue weighted by atomic mass is 9.93. The Morgan fingerprint density at radius 3 is 2.50 bits per heavy atom. The summed E-state index contributed by atoms with van der Waals surface area (Å²) in [6.45, 7) is 6.23. The Hall–Kier alpha value is -2.59. The maximum Gasteiger partial charge on any atom is 0.220 e. The first kappa shape index (κ1) is 20.2. The highest BCUT2D eigenvalue weighted by molar-refractivity contribution is 6.35. The lowest BCUT2D eigenvalue weighted by Crippen LogP contribution is -2.29. The van der Waals surface area contributed by atoms with Crippen molar-refractivity contribution in [2.24, 2.45) is 0 Å². The number of carbonyl (C=O) groups excluding carboxylic acids is 1. The molecule has 28 heavy (non-hydrogen) atoms. The molecule has 0 aliphatic rings. The van der Waals surface area contributed by atoms with Gasteiger partial charge in [0.1, 0.15) is 11.3 Å². The molecular weight excluding hydrogens is 372 g/mol. The highest BCUT2D eigenvalue weighted by atomic mass is 35.5. The lowest BCUT2D eigenvalue weighted by Gasteiger charge is -2.22. The monoisotopic (exact) mass is 396 g/mol. The molecule has 0 saturated carbocycles. The first-order valence-corrected chi connectivity index (χ1v) is 9.95. The molecule has 0 fully saturated rings. The van der Waals surface area contributed by atoms with Gasteiger partial charge in [-0.1, -0.05) is 56.6 Å². The van der Waals surface area contributed by atoms with Crippen LogP contribution in [0.4, 0.5) is 0 Å². The van der Waals surface area contributed by atoms with Crippen molar-refractivity contribution in [3.8, 4) is 5.75 Å². The maximum absolute atomic E-state index is 12.4.